The summed E-state index contributed by atoms with van der Waals surface area (Å²) in [5.74, 6) is -2.13. The minimum absolute atomic E-state index is 0.00688. The first-order chi connectivity index (χ1) is 16.7. The van der Waals surface area contributed by atoms with Gasteiger partial charge in [0.15, 0.2) is 0 Å². The highest BCUT2D eigenvalue weighted by Crippen LogP contribution is 2.38. The van der Waals surface area contributed by atoms with Gasteiger partial charge in [-0.2, -0.15) is 31.4 Å². The third-order valence-electron chi connectivity index (χ3n) is 5.19. The number of thioether (sulfide) groups is 1. The van der Waals surface area contributed by atoms with E-state index in [4.69, 9.17) is 5.11 Å². The Kier molecular flexibility index (Phi) is 6.32. The number of hydrogen-bond acceptors (Lipinski definition) is 5. The van der Waals surface area contributed by atoms with Crippen LogP contribution in [0.4, 0.5) is 31.1 Å². The van der Waals surface area contributed by atoms with Crippen LogP contribution in [-0.2, 0) is 28.5 Å². The van der Waals surface area contributed by atoms with Crippen molar-refractivity contribution in [3.8, 4) is 0 Å². The lowest BCUT2D eigenvalue weighted by Gasteiger charge is -2.16. The summed E-state index contributed by atoms with van der Waals surface area (Å²) < 4.78 is 80.4. The summed E-state index contributed by atoms with van der Waals surface area (Å²) in [7, 11) is 0. The Balaban J connectivity index is 1.63. The van der Waals surface area contributed by atoms with Gasteiger partial charge in [-0.3, -0.25) is 24.0 Å². The highest BCUT2D eigenvalue weighted by atomic mass is 32.2. The first kappa shape index (κ1) is 25.3. The van der Waals surface area contributed by atoms with Crippen LogP contribution in [0, 0.1) is 0 Å². The fourth-order valence-corrected chi connectivity index (χ4v) is 4.40. The monoisotopic (exact) mass is 529 g/mol. The lowest BCUT2D eigenvalue weighted by molar-refractivity contribution is -0.143. The van der Waals surface area contributed by atoms with Gasteiger partial charge in [0.1, 0.15) is 6.54 Å². The Bertz CT molecular complexity index is 1430. The zero-order valence-corrected chi connectivity index (χ0v) is 18.5. The molecule has 1 aromatic heterocycles. The van der Waals surface area contributed by atoms with Gasteiger partial charge < -0.3 is 5.11 Å². The fraction of sp³-hybridized carbons (Fsp3) is 0.182. The molecule has 7 nitrogen and oxygen atoms in total. The van der Waals surface area contributed by atoms with Crippen molar-refractivity contribution in [2.75, 3.05) is 6.54 Å². The first-order valence-electron chi connectivity index (χ1n) is 9.94. The molecule has 1 saturated heterocycles. The normalized spacial score (nSPS) is 15.9. The van der Waals surface area contributed by atoms with Gasteiger partial charge in [0.2, 0.25) is 0 Å². The maximum atomic E-state index is 13.5. The molecule has 14 heteroatoms. The molecule has 1 fully saturated rings. The summed E-state index contributed by atoms with van der Waals surface area (Å²) in [6, 6.07) is 5.95. The summed E-state index contributed by atoms with van der Waals surface area (Å²) in [5.41, 5.74) is -2.43. The zero-order valence-electron chi connectivity index (χ0n) is 17.7. The van der Waals surface area contributed by atoms with Crippen LogP contribution >= 0.6 is 11.8 Å². The highest BCUT2D eigenvalue weighted by molar-refractivity contribution is 8.18. The second kappa shape index (κ2) is 9.00. The standard InChI is InChI=1S/C22H13F6N3O4S/c23-21(24,25)14-3-2-12(15(7-14)22(26,27)28)9-31-16-4-1-11(5-13(16)8-29-31)6-17-19(34)30(10-18(32)33)20(35)36-17/h1-8H,9-10H2,(H,32,33)/b17-6-. The minimum Gasteiger partial charge on any atom is -0.480 e. The summed E-state index contributed by atoms with van der Waals surface area (Å²) in [5, 5.41) is 12.6. The first-order valence-corrected chi connectivity index (χ1v) is 10.8. The van der Waals surface area contributed by atoms with Crippen LogP contribution in [0.3, 0.4) is 0 Å². The zero-order chi connectivity index (χ0) is 26.4. The Morgan fingerprint density at radius 3 is 2.39 bits per heavy atom. The number of hydrogen-bond donors (Lipinski definition) is 1. The highest BCUT2D eigenvalue weighted by Gasteiger charge is 2.38. The maximum absolute atomic E-state index is 13.5. The molecule has 2 heterocycles. The Labute approximate surface area is 202 Å². The lowest BCUT2D eigenvalue weighted by atomic mass is 10.0. The molecule has 1 aliphatic rings. The van der Waals surface area contributed by atoms with E-state index in [0.717, 1.165) is 6.07 Å². The molecule has 0 spiro atoms. The van der Waals surface area contributed by atoms with E-state index in [1.54, 1.807) is 6.07 Å². The summed E-state index contributed by atoms with van der Waals surface area (Å²) in [4.78, 5) is 35.6. The van der Waals surface area contributed by atoms with Gasteiger partial charge in [-0.05, 0) is 53.2 Å². The van der Waals surface area contributed by atoms with Gasteiger partial charge in [-0.15, -0.1) is 0 Å². The number of fused-ring (bicyclic) bond motifs is 1. The van der Waals surface area contributed by atoms with E-state index in [2.05, 4.69) is 5.10 Å². The average Bonchev–Trinajstić information content (AvgIpc) is 3.27. The van der Waals surface area contributed by atoms with Crippen LogP contribution < -0.4 is 0 Å². The van der Waals surface area contributed by atoms with E-state index in [1.807, 2.05) is 0 Å². The number of carboxylic acid groups (broad SMARTS) is 1. The molecule has 36 heavy (non-hydrogen) atoms. The summed E-state index contributed by atoms with van der Waals surface area (Å²) >= 11 is 0.565. The van der Waals surface area contributed by atoms with Crippen LogP contribution in [0.5, 0.6) is 0 Å². The number of nitrogens with zero attached hydrogens (tertiary/aromatic N) is 3. The number of rotatable bonds is 5. The predicted octanol–water partition coefficient (Wildman–Crippen LogP) is 5.24. The second-order valence-electron chi connectivity index (χ2n) is 7.65. The van der Waals surface area contributed by atoms with Crippen LogP contribution in [-0.4, -0.2) is 43.4 Å². The Hall–Kier alpha value is -3.81. The molecule has 1 aliphatic heterocycles. The number of aromatic nitrogens is 2. The average molecular weight is 529 g/mol. The molecular weight excluding hydrogens is 516 g/mol. The van der Waals surface area contributed by atoms with Gasteiger partial charge in [0, 0.05) is 5.39 Å². The van der Waals surface area contributed by atoms with Crippen molar-refractivity contribution in [1.82, 2.24) is 14.7 Å². The van der Waals surface area contributed by atoms with Crippen molar-refractivity contribution in [1.29, 1.82) is 0 Å². The van der Waals surface area contributed by atoms with Crippen molar-refractivity contribution in [2.45, 2.75) is 18.9 Å². The number of carbonyl (C=O) groups excluding carboxylic acids is 2. The smallest absolute Gasteiger partial charge is 0.416 e. The predicted molar refractivity (Wildman–Crippen MR) is 116 cm³/mol. The molecular formula is C22H13F6N3O4S. The topological polar surface area (TPSA) is 92.5 Å². The minimum atomic E-state index is -5.02. The molecule has 0 radical (unpaired) electrons. The number of aliphatic carboxylic acids is 1. The number of carboxylic acids is 1. The third-order valence-corrected chi connectivity index (χ3v) is 6.10. The van der Waals surface area contributed by atoms with E-state index in [-0.39, 0.29) is 11.0 Å². The van der Waals surface area contributed by atoms with E-state index in [1.165, 1.54) is 29.1 Å². The van der Waals surface area contributed by atoms with Crippen molar-refractivity contribution in [3.63, 3.8) is 0 Å². The molecule has 0 unspecified atom stereocenters. The van der Waals surface area contributed by atoms with E-state index >= 15 is 0 Å². The van der Waals surface area contributed by atoms with Gasteiger partial charge in [-0.25, -0.2) is 0 Å². The maximum Gasteiger partial charge on any atom is 0.416 e. The van der Waals surface area contributed by atoms with Crippen LogP contribution in [0.2, 0.25) is 0 Å². The van der Waals surface area contributed by atoms with Crippen molar-refractivity contribution >= 4 is 45.9 Å². The Morgan fingerprint density at radius 1 is 1.03 bits per heavy atom. The van der Waals surface area contributed by atoms with Gasteiger partial charge in [-0.1, -0.05) is 12.1 Å². The number of halogens is 6. The summed E-state index contributed by atoms with van der Waals surface area (Å²) in [6.45, 7) is -1.23. The van der Waals surface area contributed by atoms with Crippen LogP contribution in [0.1, 0.15) is 22.3 Å². The molecule has 0 aliphatic carbocycles. The lowest BCUT2D eigenvalue weighted by Crippen LogP contribution is -2.33. The van der Waals surface area contributed by atoms with Gasteiger partial charge in [0.25, 0.3) is 11.1 Å². The molecule has 0 bridgehead atoms. The van der Waals surface area contributed by atoms with E-state index in [9.17, 15) is 40.7 Å². The number of carbonyl (C=O) groups is 3. The quantitative estimate of drug-likeness (QED) is 0.359. The van der Waals surface area contributed by atoms with Crippen LogP contribution in [0.15, 0.2) is 47.5 Å². The number of imide groups is 1. The van der Waals surface area contributed by atoms with E-state index in [0.29, 0.717) is 39.2 Å². The van der Waals surface area contributed by atoms with Gasteiger partial charge in [0.05, 0.1) is 34.3 Å². The van der Waals surface area contributed by atoms with Crippen molar-refractivity contribution in [2.24, 2.45) is 0 Å². The molecule has 1 N–H and O–H groups in total. The van der Waals surface area contributed by atoms with Crippen molar-refractivity contribution in [3.05, 3.63) is 69.8 Å². The molecule has 0 saturated carbocycles. The van der Waals surface area contributed by atoms with Crippen molar-refractivity contribution < 1.29 is 45.8 Å². The molecule has 2 aromatic carbocycles. The molecule has 0 atom stereocenters. The third kappa shape index (κ3) is 5.08. The fourth-order valence-electron chi connectivity index (χ4n) is 3.56. The second-order valence-corrected chi connectivity index (χ2v) is 8.64. The van der Waals surface area contributed by atoms with Gasteiger partial charge >= 0.3 is 18.3 Å². The summed E-state index contributed by atoms with van der Waals surface area (Å²) in [6.07, 6.45) is -7.26. The molecule has 188 valence electrons. The molecule has 4 rings (SSSR count). The largest absolute Gasteiger partial charge is 0.480 e. The van der Waals surface area contributed by atoms with Crippen LogP contribution in [0.25, 0.3) is 17.0 Å². The number of amides is 2. The molecule has 2 amide bonds. The molecule has 3 aromatic rings. The Morgan fingerprint density at radius 2 is 1.75 bits per heavy atom. The van der Waals surface area contributed by atoms with E-state index < -0.39 is 59.2 Å². The number of alkyl halides is 6. The SMILES string of the molecule is O=C(O)CN1C(=O)S/C(=C\c2ccc3c(cnn3Cc3ccc(C(F)(F)F)cc3C(F)(F)F)c2)C1=O. The number of benzene rings is 2.